The zero-order chi connectivity index (χ0) is 26.9. The Bertz CT molecular complexity index is 1430. The molecule has 0 spiro atoms. The lowest BCUT2D eigenvalue weighted by atomic mass is 9.98. The molecule has 0 atom stereocenters. The van der Waals surface area contributed by atoms with Crippen LogP contribution in [0, 0.1) is 5.92 Å². The number of nitrogens with zero attached hydrogens (tertiary/aromatic N) is 4. The Morgan fingerprint density at radius 2 is 1.68 bits per heavy atom. The molecule has 1 aliphatic rings. The fourth-order valence-corrected chi connectivity index (χ4v) is 4.20. The van der Waals surface area contributed by atoms with Crippen molar-refractivity contribution in [3.63, 3.8) is 0 Å². The van der Waals surface area contributed by atoms with Crippen molar-refractivity contribution in [1.29, 1.82) is 0 Å². The summed E-state index contributed by atoms with van der Waals surface area (Å²) in [5.74, 6) is -0.441. The summed E-state index contributed by atoms with van der Waals surface area (Å²) in [5, 5.41) is 8.12. The molecule has 3 heterocycles. The number of esters is 2. The lowest BCUT2D eigenvalue weighted by molar-refractivity contribution is -0.166. The van der Waals surface area contributed by atoms with Gasteiger partial charge in [-0.05, 0) is 26.3 Å². The molecule has 0 radical (unpaired) electrons. The Kier molecular flexibility index (Phi) is 6.81. The number of likely N-dealkylation sites (tertiary alicyclic amines) is 1. The normalized spacial score (nSPS) is 14.2. The van der Waals surface area contributed by atoms with Gasteiger partial charge in [0.25, 0.3) is 5.89 Å². The summed E-state index contributed by atoms with van der Waals surface area (Å²) < 4.78 is 21.3. The molecule has 10 nitrogen and oxygen atoms in total. The van der Waals surface area contributed by atoms with Crippen molar-refractivity contribution in [2.45, 2.75) is 32.9 Å². The van der Waals surface area contributed by atoms with E-state index in [1.54, 1.807) is 0 Å². The van der Waals surface area contributed by atoms with Gasteiger partial charge in [-0.15, -0.1) is 0 Å². The van der Waals surface area contributed by atoms with Gasteiger partial charge in [0, 0.05) is 30.8 Å². The second-order valence-corrected chi connectivity index (χ2v) is 10.1. The van der Waals surface area contributed by atoms with E-state index in [0.29, 0.717) is 30.2 Å². The summed E-state index contributed by atoms with van der Waals surface area (Å²) in [5.41, 5.74) is 2.50. The predicted molar refractivity (Wildman–Crippen MR) is 137 cm³/mol. The molecule has 5 rings (SSSR count). The van der Waals surface area contributed by atoms with Crippen molar-refractivity contribution in [2.24, 2.45) is 5.92 Å². The number of carbonyl (C=O) groups excluding carboxylic acids is 2. The first-order valence-corrected chi connectivity index (χ1v) is 12.2. The quantitative estimate of drug-likeness (QED) is 0.322. The van der Waals surface area contributed by atoms with E-state index in [1.807, 2.05) is 75.4 Å². The van der Waals surface area contributed by atoms with Gasteiger partial charge in [0.05, 0.1) is 13.0 Å². The van der Waals surface area contributed by atoms with Crippen LogP contribution in [0.3, 0.4) is 0 Å². The van der Waals surface area contributed by atoms with E-state index in [4.69, 9.17) is 18.5 Å². The van der Waals surface area contributed by atoms with Crippen LogP contribution in [-0.2, 0) is 20.8 Å². The molecule has 196 valence electrons. The van der Waals surface area contributed by atoms with Crippen molar-refractivity contribution in [3.05, 3.63) is 65.7 Å². The Hall–Kier alpha value is -4.31. The van der Waals surface area contributed by atoms with Gasteiger partial charge < -0.3 is 18.5 Å². The van der Waals surface area contributed by atoms with Crippen molar-refractivity contribution in [3.8, 4) is 34.3 Å². The number of hydrogen-bond donors (Lipinski definition) is 0. The van der Waals surface area contributed by atoms with Crippen LogP contribution in [0.5, 0.6) is 0 Å². The number of benzene rings is 2. The molecular formula is C28H28N4O6. The topological polar surface area (TPSA) is 121 Å². The Balaban J connectivity index is 1.27. The summed E-state index contributed by atoms with van der Waals surface area (Å²) in [6, 6.07) is 16.9. The molecule has 1 aliphatic heterocycles. The van der Waals surface area contributed by atoms with Gasteiger partial charge in [0.15, 0.2) is 0 Å². The molecule has 1 saturated heterocycles. The molecule has 10 heteroatoms. The highest BCUT2D eigenvalue weighted by Gasteiger charge is 2.35. The van der Waals surface area contributed by atoms with E-state index in [9.17, 15) is 9.59 Å². The summed E-state index contributed by atoms with van der Waals surface area (Å²) in [7, 11) is 1.28. The van der Waals surface area contributed by atoms with Crippen molar-refractivity contribution in [2.75, 3.05) is 20.2 Å². The molecule has 0 N–H and O–H groups in total. The molecule has 2 aromatic heterocycles. The van der Waals surface area contributed by atoms with Crippen molar-refractivity contribution in [1.82, 2.24) is 20.2 Å². The molecule has 4 aromatic rings. The summed E-state index contributed by atoms with van der Waals surface area (Å²) in [6.45, 7) is 7.70. The van der Waals surface area contributed by atoms with Crippen LogP contribution in [0.15, 0.2) is 63.6 Å². The number of hydrogen-bond acceptors (Lipinski definition) is 10. The Morgan fingerprint density at radius 3 is 2.34 bits per heavy atom. The van der Waals surface area contributed by atoms with Gasteiger partial charge in [-0.1, -0.05) is 64.9 Å². The van der Waals surface area contributed by atoms with E-state index in [-0.39, 0.29) is 29.1 Å². The molecule has 0 aliphatic carbocycles. The van der Waals surface area contributed by atoms with Crippen LogP contribution < -0.4 is 0 Å². The Labute approximate surface area is 219 Å². The SMILES string of the molecule is COC(=O)c1c(-c2ccccc2)noc1-c1nc(-c2ccc(CN3CC(C(=O)OC(C)(C)C)C3)cc2)no1. The molecule has 0 saturated carbocycles. The minimum absolute atomic E-state index is 0.0212. The summed E-state index contributed by atoms with van der Waals surface area (Å²) in [4.78, 5) is 31.4. The highest BCUT2D eigenvalue weighted by molar-refractivity contribution is 6.00. The van der Waals surface area contributed by atoms with Crippen molar-refractivity contribution < 1.29 is 28.1 Å². The molecule has 38 heavy (non-hydrogen) atoms. The first-order valence-electron chi connectivity index (χ1n) is 12.2. The lowest BCUT2D eigenvalue weighted by Crippen LogP contribution is -2.51. The first kappa shape index (κ1) is 25.3. The molecule has 1 fully saturated rings. The molecule has 0 unspecified atom stereocenters. The maximum Gasteiger partial charge on any atom is 0.344 e. The fourth-order valence-electron chi connectivity index (χ4n) is 4.20. The second-order valence-electron chi connectivity index (χ2n) is 10.1. The highest BCUT2D eigenvalue weighted by Crippen LogP contribution is 2.33. The van der Waals surface area contributed by atoms with E-state index >= 15 is 0 Å². The number of rotatable bonds is 7. The highest BCUT2D eigenvalue weighted by atomic mass is 16.6. The largest absolute Gasteiger partial charge is 0.465 e. The minimum Gasteiger partial charge on any atom is -0.465 e. The third-order valence-corrected chi connectivity index (χ3v) is 6.06. The third kappa shape index (κ3) is 5.35. The Morgan fingerprint density at radius 1 is 0.974 bits per heavy atom. The minimum atomic E-state index is -0.621. The van der Waals surface area contributed by atoms with Gasteiger partial charge in [-0.25, -0.2) is 4.79 Å². The predicted octanol–water partition coefficient (Wildman–Crippen LogP) is 4.62. The molecule has 0 bridgehead atoms. The number of ether oxygens (including phenoxy) is 2. The zero-order valence-electron chi connectivity index (χ0n) is 21.6. The van der Waals surface area contributed by atoms with Crippen LogP contribution in [0.2, 0.25) is 0 Å². The molecular weight excluding hydrogens is 488 g/mol. The smallest absolute Gasteiger partial charge is 0.344 e. The van der Waals surface area contributed by atoms with E-state index in [0.717, 1.165) is 17.7 Å². The van der Waals surface area contributed by atoms with E-state index < -0.39 is 11.6 Å². The summed E-state index contributed by atoms with van der Waals surface area (Å²) in [6.07, 6.45) is 0. The average molecular weight is 517 g/mol. The standard InChI is InChI=1S/C28H28N4O6/c1-28(2,3)36-26(33)20-15-32(16-20)14-17-10-12-19(13-11-17)24-29-25(38-31-24)23-21(27(34)35-4)22(30-37-23)18-8-6-5-7-9-18/h5-13,20H,14-16H2,1-4H3. The van der Waals surface area contributed by atoms with Crippen LogP contribution in [0.25, 0.3) is 34.3 Å². The van der Waals surface area contributed by atoms with Crippen LogP contribution in [-0.4, -0.2) is 57.9 Å². The van der Waals surface area contributed by atoms with Crippen molar-refractivity contribution >= 4 is 11.9 Å². The average Bonchev–Trinajstić information content (AvgIpc) is 3.53. The third-order valence-electron chi connectivity index (χ3n) is 6.06. The van der Waals surface area contributed by atoms with E-state index in [1.165, 1.54) is 7.11 Å². The first-order chi connectivity index (χ1) is 18.2. The zero-order valence-corrected chi connectivity index (χ0v) is 21.6. The number of methoxy groups -OCH3 is 1. The fraction of sp³-hybridized carbons (Fsp3) is 0.321. The van der Waals surface area contributed by atoms with Gasteiger partial charge in [-0.2, -0.15) is 4.98 Å². The number of carbonyl (C=O) groups is 2. The maximum absolute atomic E-state index is 12.6. The lowest BCUT2D eigenvalue weighted by Gasteiger charge is -2.38. The van der Waals surface area contributed by atoms with Gasteiger partial charge in [-0.3, -0.25) is 9.69 Å². The maximum atomic E-state index is 12.6. The molecule has 2 aromatic carbocycles. The van der Waals surface area contributed by atoms with Crippen LogP contribution >= 0.6 is 0 Å². The second kappa shape index (κ2) is 10.2. The molecule has 0 amide bonds. The van der Waals surface area contributed by atoms with Crippen LogP contribution in [0.1, 0.15) is 36.7 Å². The van der Waals surface area contributed by atoms with Gasteiger partial charge >= 0.3 is 11.9 Å². The van der Waals surface area contributed by atoms with Gasteiger partial charge in [0.1, 0.15) is 16.9 Å². The number of aromatic nitrogens is 3. The van der Waals surface area contributed by atoms with E-state index in [2.05, 4.69) is 20.2 Å². The summed E-state index contributed by atoms with van der Waals surface area (Å²) >= 11 is 0. The monoisotopic (exact) mass is 516 g/mol. The van der Waals surface area contributed by atoms with Gasteiger partial charge in [0.2, 0.25) is 11.6 Å². The van der Waals surface area contributed by atoms with Crippen LogP contribution in [0.4, 0.5) is 0 Å².